The molecule has 1 rings (SSSR count). The van der Waals surface area contributed by atoms with Gasteiger partial charge in [0.05, 0.1) is 6.61 Å². The fourth-order valence-electron chi connectivity index (χ4n) is 1.29. The van der Waals surface area contributed by atoms with Crippen molar-refractivity contribution in [3.8, 4) is 0 Å². The summed E-state index contributed by atoms with van der Waals surface area (Å²) in [6.45, 7) is 1.00. The summed E-state index contributed by atoms with van der Waals surface area (Å²) in [5.41, 5.74) is 1.15. The summed E-state index contributed by atoms with van der Waals surface area (Å²) >= 11 is 5.78. The highest BCUT2D eigenvalue weighted by atomic mass is 35.5. The van der Waals surface area contributed by atoms with Crippen LogP contribution in [0.25, 0.3) is 6.08 Å². The molecule has 16 heavy (non-hydrogen) atoms. The summed E-state index contributed by atoms with van der Waals surface area (Å²) in [5, 5.41) is 0.753. The molecule has 2 nitrogen and oxygen atoms in total. The molecule has 1 aromatic carbocycles. The second-order valence-corrected chi connectivity index (χ2v) is 3.85. The van der Waals surface area contributed by atoms with Crippen molar-refractivity contribution in [1.29, 1.82) is 0 Å². The summed E-state index contributed by atoms with van der Waals surface area (Å²) in [6, 6.07) is 7.71. The average Bonchev–Trinajstić information content (AvgIpc) is 2.30. The van der Waals surface area contributed by atoms with Gasteiger partial charge in [-0.1, -0.05) is 35.9 Å². The molecular formula is C13H15ClO2. The zero-order chi connectivity index (χ0) is 11.6. The van der Waals surface area contributed by atoms with Gasteiger partial charge in [-0.15, -0.1) is 0 Å². The fraction of sp³-hybridized carbons (Fsp3) is 0.308. The third-order valence-corrected chi connectivity index (χ3v) is 2.38. The van der Waals surface area contributed by atoms with E-state index in [-0.39, 0.29) is 0 Å². The molecule has 0 aliphatic rings. The van der Waals surface area contributed by atoms with Gasteiger partial charge < -0.3 is 4.74 Å². The molecule has 0 aliphatic carbocycles. The van der Waals surface area contributed by atoms with Crippen LogP contribution in [0.3, 0.4) is 0 Å². The molecule has 0 aromatic heterocycles. The molecule has 0 unspecified atom stereocenters. The Morgan fingerprint density at radius 3 is 2.62 bits per heavy atom. The van der Waals surface area contributed by atoms with E-state index in [1.54, 1.807) is 0 Å². The highest BCUT2D eigenvalue weighted by molar-refractivity contribution is 6.30. The second kappa shape index (κ2) is 7.94. The lowest BCUT2D eigenvalue weighted by Gasteiger charge is -1.96. The van der Waals surface area contributed by atoms with E-state index < -0.39 is 0 Å². The maximum Gasteiger partial charge on any atom is 0.293 e. The van der Waals surface area contributed by atoms with E-state index in [2.05, 4.69) is 16.9 Å². The monoisotopic (exact) mass is 238 g/mol. The van der Waals surface area contributed by atoms with E-state index in [1.807, 2.05) is 24.3 Å². The number of hydrogen-bond donors (Lipinski definition) is 0. The third-order valence-electron chi connectivity index (χ3n) is 2.13. The lowest BCUT2D eigenvalue weighted by molar-refractivity contribution is -0.128. The molecule has 0 radical (unpaired) electrons. The van der Waals surface area contributed by atoms with Gasteiger partial charge in [-0.25, -0.2) is 0 Å². The lowest BCUT2D eigenvalue weighted by Crippen LogP contribution is -1.90. The van der Waals surface area contributed by atoms with Gasteiger partial charge in [0, 0.05) is 5.02 Å². The normalized spacial score (nSPS) is 10.6. The zero-order valence-corrected chi connectivity index (χ0v) is 9.82. The first-order chi connectivity index (χ1) is 7.83. The van der Waals surface area contributed by atoms with Crippen molar-refractivity contribution in [2.75, 3.05) is 6.61 Å². The van der Waals surface area contributed by atoms with Crippen LogP contribution >= 0.6 is 11.6 Å². The quantitative estimate of drug-likeness (QED) is 0.535. The maximum absolute atomic E-state index is 9.86. The molecule has 0 atom stereocenters. The Kier molecular flexibility index (Phi) is 6.35. The van der Waals surface area contributed by atoms with Crippen LogP contribution in [0.1, 0.15) is 24.8 Å². The molecule has 0 bridgehead atoms. The summed E-state index contributed by atoms with van der Waals surface area (Å²) in [6.07, 6.45) is 7.10. The van der Waals surface area contributed by atoms with Gasteiger partial charge in [-0.2, -0.15) is 0 Å². The summed E-state index contributed by atoms with van der Waals surface area (Å²) < 4.78 is 4.59. The van der Waals surface area contributed by atoms with E-state index in [1.165, 1.54) is 0 Å². The van der Waals surface area contributed by atoms with Crippen molar-refractivity contribution in [2.24, 2.45) is 0 Å². The SMILES string of the molecule is O=COCCCCC=Cc1ccc(Cl)cc1. The third kappa shape index (κ3) is 5.56. The number of ether oxygens (including phenoxy) is 1. The standard InChI is InChI=1S/C13H15ClO2/c14-13-8-6-12(7-9-13)5-3-1-2-4-10-16-11-15/h3,5-9,11H,1-2,4,10H2. The number of rotatable bonds is 7. The molecule has 0 aliphatic heterocycles. The Morgan fingerprint density at radius 2 is 1.94 bits per heavy atom. The van der Waals surface area contributed by atoms with Gasteiger partial charge in [-0.3, -0.25) is 4.79 Å². The Bertz CT molecular complexity index is 330. The number of benzene rings is 1. The molecule has 0 heterocycles. The van der Waals surface area contributed by atoms with Crippen molar-refractivity contribution in [3.63, 3.8) is 0 Å². The van der Waals surface area contributed by atoms with Crippen molar-refractivity contribution >= 4 is 24.1 Å². The van der Waals surface area contributed by atoms with Crippen LogP contribution in [-0.4, -0.2) is 13.1 Å². The summed E-state index contributed by atoms with van der Waals surface area (Å²) in [4.78, 5) is 9.86. The summed E-state index contributed by atoms with van der Waals surface area (Å²) in [5.74, 6) is 0. The number of carbonyl (C=O) groups excluding carboxylic acids is 1. The highest BCUT2D eigenvalue weighted by Gasteiger charge is 1.88. The smallest absolute Gasteiger partial charge is 0.293 e. The molecule has 0 N–H and O–H groups in total. The van der Waals surface area contributed by atoms with Crippen LogP contribution in [0.2, 0.25) is 5.02 Å². The number of carbonyl (C=O) groups is 1. The molecule has 3 heteroatoms. The predicted molar refractivity (Wildman–Crippen MR) is 66.4 cm³/mol. The van der Waals surface area contributed by atoms with E-state index >= 15 is 0 Å². The molecule has 1 aromatic rings. The fourth-order valence-corrected chi connectivity index (χ4v) is 1.41. The van der Waals surface area contributed by atoms with Crippen LogP contribution in [0.4, 0.5) is 0 Å². The van der Waals surface area contributed by atoms with Crippen LogP contribution in [-0.2, 0) is 9.53 Å². The minimum absolute atomic E-state index is 0.490. The second-order valence-electron chi connectivity index (χ2n) is 3.42. The van der Waals surface area contributed by atoms with Crippen LogP contribution < -0.4 is 0 Å². The number of allylic oxidation sites excluding steroid dienone is 1. The van der Waals surface area contributed by atoms with Gasteiger partial charge >= 0.3 is 0 Å². The molecule has 0 spiro atoms. The number of hydrogen-bond acceptors (Lipinski definition) is 2. The van der Waals surface area contributed by atoms with Crippen molar-refractivity contribution < 1.29 is 9.53 Å². The lowest BCUT2D eigenvalue weighted by atomic mass is 10.1. The van der Waals surface area contributed by atoms with Crippen LogP contribution in [0.15, 0.2) is 30.3 Å². The Morgan fingerprint density at radius 1 is 1.19 bits per heavy atom. The molecule has 0 saturated heterocycles. The molecule has 0 saturated carbocycles. The van der Waals surface area contributed by atoms with Gasteiger partial charge in [0.25, 0.3) is 6.47 Å². The molecular weight excluding hydrogens is 224 g/mol. The highest BCUT2D eigenvalue weighted by Crippen LogP contribution is 2.11. The Hall–Kier alpha value is -1.28. The van der Waals surface area contributed by atoms with Crippen molar-refractivity contribution in [2.45, 2.75) is 19.3 Å². The number of halogens is 1. The topological polar surface area (TPSA) is 26.3 Å². The minimum Gasteiger partial charge on any atom is -0.468 e. The first-order valence-corrected chi connectivity index (χ1v) is 5.68. The van der Waals surface area contributed by atoms with Crippen LogP contribution in [0, 0.1) is 0 Å². The van der Waals surface area contributed by atoms with Crippen molar-refractivity contribution in [1.82, 2.24) is 0 Å². The van der Waals surface area contributed by atoms with Crippen molar-refractivity contribution in [3.05, 3.63) is 40.9 Å². The van der Waals surface area contributed by atoms with Gasteiger partial charge in [0.15, 0.2) is 0 Å². The van der Waals surface area contributed by atoms with Crippen LogP contribution in [0.5, 0.6) is 0 Å². The van der Waals surface area contributed by atoms with Gasteiger partial charge in [0.1, 0.15) is 0 Å². The average molecular weight is 239 g/mol. The maximum atomic E-state index is 9.86. The minimum atomic E-state index is 0.490. The van der Waals surface area contributed by atoms with E-state index in [0.29, 0.717) is 13.1 Å². The van der Waals surface area contributed by atoms with Gasteiger partial charge in [-0.05, 0) is 37.0 Å². The Balaban J connectivity index is 2.17. The molecule has 0 fully saturated rings. The molecule has 0 amide bonds. The summed E-state index contributed by atoms with van der Waals surface area (Å²) in [7, 11) is 0. The van der Waals surface area contributed by atoms with E-state index in [4.69, 9.17) is 11.6 Å². The van der Waals surface area contributed by atoms with E-state index in [9.17, 15) is 4.79 Å². The first-order valence-electron chi connectivity index (χ1n) is 5.30. The van der Waals surface area contributed by atoms with Gasteiger partial charge in [0.2, 0.25) is 0 Å². The van der Waals surface area contributed by atoms with E-state index in [0.717, 1.165) is 29.8 Å². The first kappa shape index (κ1) is 12.8. The zero-order valence-electron chi connectivity index (χ0n) is 9.06. The predicted octanol–water partition coefficient (Wildman–Crippen LogP) is 3.70. The Labute approximate surface area is 101 Å². The largest absolute Gasteiger partial charge is 0.468 e. The number of unbranched alkanes of at least 4 members (excludes halogenated alkanes) is 2. The molecule has 86 valence electrons.